The fraction of sp³-hybridized carbons (Fsp3) is 0.360. The van der Waals surface area contributed by atoms with Crippen molar-refractivity contribution in [3.63, 3.8) is 0 Å². The van der Waals surface area contributed by atoms with E-state index >= 15 is 0 Å². The molecule has 9 heteroatoms. The average molecular weight is 480 g/mol. The number of anilines is 2. The molecule has 1 aromatic heterocycles. The van der Waals surface area contributed by atoms with Gasteiger partial charge >= 0.3 is 0 Å². The normalized spacial score (nSPS) is 13.4. The lowest BCUT2D eigenvalue weighted by atomic mass is 10.2. The fourth-order valence-electron chi connectivity index (χ4n) is 3.87. The van der Waals surface area contributed by atoms with Crippen LogP contribution >= 0.6 is 11.8 Å². The van der Waals surface area contributed by atoms with E-state index < -0.39 is 0 Å². The molecule has 3 aromatic rings. The Bertz CT molecular complexity index is 1150. The van der Waals surface area contributed by atoms with Crippen LogP contribution in [0.15, 0.2) is 53.7 Å². The van der Waals surface area contributed by atoms with Gasteiger partial charge in [-0.1, -0.05) is 31.2 Å². The van der Waals surface area contributed by atoms with Crippen LogP contribution in [-0.2, 0) is 16.1 Å². The molecule has 0 radical (unpaired) electrons. The van der Waals surface area contributed by atoms with Crippen molar-refractivity contribution in [3.8, 4) is 17.1 Å². The van der Waals surface area contributed by atoms with Gasteiger partial charge in [0.05, 0.1) is 12.9 Å². The van der Waals surface area contributed by atoms with E-state index in [0.717, 1.165) is 55.2 Å². The zero-order chi connectivity index (χ0) is 23.9. The van der Waals surface area contributed by atoms with E-state index in [-0.39, 0.29) is 17.6 Å². The summed E-state index contributed by atoms with van der Waals surface area (Å²) in [4.78, 5) is 26.5. The summed E-state index contributed by atoms with van der Waals surface area (Å²) in [5.74, 6) is 1.76. The average Bonchev–Trinajstić information content (AvgIpc) is 3.47. The predicted octanol–water partition coefficient (Wildman–Crippen LogP) is 4.61. The number of nitrogens with one attached hydrogen (secondary N) is 1. The molecule has 178 valence electrons. The monoisotopic (exact) mass is 479 g/mol. The van der Waals surface area contributed by atoms with Gasteiger partial charge in [0.25, 0.3) is 0 Å². The number of methoxy groups -OCH3 is 1. The second-order valence-electron chi connectivity index (χ2n) is 8.08. The molecule has 2 amide bonds. The number of unbranched alkanes of at least 4 members (excludes halogenated alkanes) is 1. The number of carbonyl (C=O) groups is 2. The van der Waals surface area contributed by atoms with Gasteiger partial charge in [-0.05, 0) is 55.3 Å². The summed E-state index contributed by atoms with van der Waals surface area (Å²) in [5.41, 5.74) is 2.44. The number of hydrogen-bond acceptors (Lipinski definition) is 6. The first kappa shape index (κ1) is 23.8. The van der Waals surface area contributed by atoms with Crippen molar-refractivity contribution in [1.29, 1.82) is 0 Å². The summed E-state index contributed by atoms with van der Waals surface area (Å²) in [6, 6.07) is 15.2. The van der Waals surface area contributed by atoms with Crippen LogP contribution in [0.5, 0.6) is 5.75 Å². The number of aromatic nitrogens is 3. The largest absolute Gasteiger partial charge is 0.497 e. The molecule has 2 heterocycles. The maximum atomic E-state index is 12.7. The second kappa shape index (κ2) is 11.2. The van der Waals surface area contributed by atoms with Gasteiger partial charge in [-0.15, -0.1) is 10.2 Å². The van der Waals surface area contributed by atoms with Crippen LogP contribution in [0.1, 0.15) is 32.6 Å². The van der Waals surface area contributed by atoms with E-state index in [4.69, 9.17) is 4.74 Å². The molecule has 1 fully saturated rings. The molecule has 0 bridgehead atoms. The third-order valence-electron chi connectivity index (χ3n) is 5.65. The van der Waals surface area contributed by atoms with Gasteiger partial charge in [-0.3, -0.25) is 9.59 Å². The molecule has 0 unspecified atom stereocenters. The highest BCUT2D eigenvalue weighted by Crippen LogP contribution is 2.27. The topological polar surface area (TPSA) is 89.4 Å². The molecule has 0 aliphatic carbocycles. The summed E-state index contributed by atoms with van der Waals surface area (Å²) < 4.78 is 7.32. The Hall–Kier alpha value is -3.33. The smallest absolute Gasteiger partial charge is 0.234 e. The Labute approximate surface area is 203 Å². The van der Waals surface area contributed by atoms with E-state index in [0.29, 0.717) is 17.3 Å². The van der Waals surface area contributed by atoms with Gasteiger partial charge in [0.2, 0.25) is 11.8 Å². The molecule has 2 aromatic carbocycles. The number of amides is 2. The van der Waals surface area contributed by atoms with Crippen molar-refractivity contribution in [3.05, 3.63) is 48.5 Å². The Morgan fingerprint density at radius 3 is 2.71 bits per heavy atom. The highest BCUT2D eigenvalue weighted by Gasteiger charge is 2.22. The van der Waals surface area contributed by atoms with E-state index in [2.05, 4.69) is 27.0 Å². The molecule has 0 saturated carbocycles. The molecule has 8 nitrogen and oxygen atoms in total. The van der Waals surface area contributed by atoms with Crippen LogP contribution in [0, 0.1) is 0 Å². The molecule has 1 aliphatic rings. The number of ether oxygens (including phenoxy) is 1. The molecule has 1 aliphatic heterocycles. The van der Waals surface area contributed by atoms with Crippen LogP contribution in [0.3, 0.4) is 0 Å². The van der Waals surface area contributed by atoms with E-state index in [1.165, 1.54) is 11.8 Å². The minimum Gasteiger partial charge on any atom is -0.497 e. The predicted molar refractivity (Wildman–Crippen MR) is 134 cm³/mol. The zero-order valence-corrected chi connectivity index (χ0v) is 20.3. The van der Waals surface area contributed by atoms with Gasteiger partial charge < -0.3 is 19.5 Å². The number of thioether (sulfide) groups is 1. The number of carbonyl (C=O) groups excluding carboxylic acids is 2. The molecule has 0 spiro atoms. The summed E-state index contributed by atoms with van der Waals surface area (Å²) in [6.07, 6.45) is 3.47. The molecule has 34 heavy (non-hydrogen) atoms. The van der Waals surface area contributed by atoms with Crippen molar-refractivity contribution in [2.45, 2.75) is 44.3 Å². The maximum Gasteiger partial charge on any atom is 0.234 e. The van der Waals surface area contributed by atoms with Gasteiger partial charge in [0, 0.05) is 36.4 Å². The van der Waals surface area contributed by atoms with Gasteiger partial charge in [0.15, 0.2) is 11.0 Å². The van der Waals surface area contributed by atoms with Crippen molar-refractivity contribution >= 4 is 35.0 Å². The van der Waals surface area contributed by atoms with Crippen molar-refractivity contribution in [2.24, 2.45) is 0 Å². The third kappa shape index (κ3) is 5.59. The minimum absolute atomic E-state index is 0.123. The highest BCUT2D eigenvalue weighted by atomic mass is 32.2. The summed E-state index contributed by atoms with van der Waals surface area (Å²) >= 11 is 1.37. The Kier molecular flexibility index (Phi) is 7.84. The van der Waals surface area contributed by atoms with Gasteiger partial charge in [0.1, 0.15) is 5.75 Å². The number of nitrogens with zero attached hydrogens (tertiary/aromatic N) is 4. The molecular formula is C25H29N5O3S. The standard InChI is InChI=1S/C25H29N5O3S/c1-3-4-14-30-24(18-10-12-21(33-2)13-11-18)27-28-25(30)34-17-22(31)26-19-7-5-8-20(16-19)29-15-6-9-23(29)32/h5,7-8,10-13,16H,3-4,6,9,14-15,17H2,1-2H3,(H,26,31). The quantitative estimate of drug-likeness (QED) is 0.427. The number of benzene rings is 2. The second-order valence-corrected chi connectivity index (χ2v) is 9.02. The maximum absolute atomic E-state index is 12.7. The van der Waals surface area contributed by atoms with E-state index in [9.17, 15) is 9.59 Å². The molecule has 1 saturated heterocycles. The zero-order valence-electron chi connectivity index (χ0n) is 19.5. The SMILES string of the molecule is CCCCn1c(SCC(=O)Nc2cccc(N3CCCC3=O)c2)nnc1-c1ccc(OC)cc1. The number of rotatable bonds is 10. The van der Waals surface area contributed by atoms with Crippen LogP contribution in [0.4, 0.5) is 11.4 Å². The Morgan fingerprint density at radius 1 is 1.18 bits per heavy atom. The highest BCUT2D eigenvalue weighted by molar-refractivity contribution is 7.99. The fourth-order valence-corrected chi connectivity index (χ4v) is 4.63. The van der Waals surface area contributed by atoms with Crippen molar-refractivity contribution in [2.75, 3.05) is 29.6 Å². The van der Waals surface area contributed by atoms with Gasteiger partial charge in [-0.25, -0.2) is 0 Å². The van der Waals surface area contributed by atoms with Crippen molar-refractivity contribution in [1.82, 2.24) is 14.8 Å². The Balaban J connectivity index is 1.43. The molecule has 0 atom stereocenters. The molecule has 1 N–H and O–H groups in total. The first-order valence-electron chi connectivity index (χ1n) is 11.5. The minimum atomic E-state index is -0.133. The number of hydrogen-bond donors (Lipinski definition) is 1. The summed E-state index contributed by atoms with van der Waals surface area (Å²) in [5, 5.41) is 12.4. The van der Waals surface area contributed by atoms with E-state index in [1.807, 2.05) is 48.5 Å². The van der Waals surface area contributed by atoms with Crippen LogP contribution in [-0.4, -0.2) is 46.0 Å². The van der Waals surface area contributed by atoms with Crippen LogP contribution < -0.4 is 15.0 Å². The van der Waals surface area contributed by atoms with Crippen LogP contribution in [0.2, 0.25) is 0 Å². The third-order valence-corrected chi connectivity index (χ3v) is 6.61. The van der Waals surface area contributed by atoms with Crippen molar-refractivity contribution < 1.29 is 14.3 Å². The van der Waals surface area contributed by atoms with Gasteiger partial charge in [-0.2, -0.15) is 0 Å². The van der Waals surface area contributed by atoms with Crippen LogP contribution in [0.25, 0.3) is 11.4 Å². The lowest BCUT2D eigenvalue weighted by molar-refractivity contribution is -0.117. The summed E-state index contributed by atoms with van der Waals surface area (Å²) in [7, 11) is 1.64. The molecular weight excluding hydrogens is 450 g/mol. The summed E-state index contributed by atoms with van der Waals surface area (Å²) in [6.45, 7) is 3.64. The van der Waals surface area contributed by atoms with E-state index in [1.54, 1.807) is 12.0 Å². The first-order chi connectivity index (χ1) is 16.6. The lowest BCUT2D eigenvalue weighted by Crippen LogP contribution is -2.23. The first-order valence-corrected chi connectivity index (χ1v) is 12.5. The molecule has 4 rings (SSSR count). The Morgan fingerprint density at radius 2 is 2.00 bits per heavy atom. The lowest BCUT2D eigenvalue weighted by Gasteiger charge is -2.16.